The predicted molar refractivity (Wildman–Crippen MR) is 76.0 cm³/mol. The number of halogens is 3. The Balaban J connectivity index is 3.22. The first-order valence-electron chi connectivity index (χ1n) is 6.57. The first-order chi connectivity index (χ1) is 9.89. The van der Waals surface area contributed by atoms with E-state index in [0.29, 0.717) is 6.07 Å². The molecule has 0 aliphatic carbocycles. The van der Waals surface area contributed by atoms with Gasteiger partial charge in [0.15, 0.2) is 9.84 Å². The van der Waals surface area contributed by atoms with E-state index in [-0.39, 0.29) is 6.04 Å². The molecule has 0 fully saturated rings. The smallest absolute Gasteiger partial charge is 0.342 e. The minimum atomic E-state index is -4.65. The van der Waals surface area contributed by atoms with Gasteiger partial charge in [-0.05, 0) is 39.0 Å². The van der Waals surface area contributed by atoms with E-state index in [1.54, 1.807) is 13.8 Å². The zero-order chi connectivity index (χ0) is 17.3. The van der Waals surface area contributed by atoms with Crippen molar-refractivity contribution in [2.24, 2.45) is 0 Å². The average molecular weight is 337 g/mol. The Kier molecular flexibility index (Phi) is 5.27. The second kappa shape index (κ2) is 6.28. The Morgan fingerprint density at radius 1 is 1.18 bits per heavy atom. The largest absolute Gasteiger partial charge is 0.416 e. The molecule has 1 amide bonds. The second-order valence-electron chi connectivity index (χ2n) is 5.26. The molecule has 0 N–H and O–H groups in total. The predicted octanol–water partition coefficient (Wildman–Crippen LogP) is 2.73. The number of alkyl halides is 3. The molecule has 4 nitrogen and oxygen atoms in total. The molecule has 8 heteroatoms. The number of rotatable bonds is 4. The van der Waals surface area contributed by atoms with Crippen molar-refractivity contribution in [1.29, 1.82) is 0 Å². The summed E-state index contributed by atoms with van der Waals surface area (Å²) in [4.78, 5) is 12.8. The number of carbonyl (C=O) groups excluding carboxylic acids is 1. The Bertz CT molecular complexity index is 654. The van der Waals surface area contributed by atoms with Crippen molar-refractivity contribution in [2.75, 3.05) is 7.05 Å². The summed E-state index contributed by atoms with van der Waals surface area (Å²) in [6.45, 7) is 4.60. The van der Waals surface area contributed by atoms with E-state index >= 15 is 0 Å². The monoisotopic (exact) mass is 337 g/mol. The molecule has 0 spiro atoms. The number of amides is 1. The molecule has 1 atom stereocenters. The van der Waals surface area contributed by atoms with Crippen LogP contribution in [0, 0.1) is 0 Å². The number of nitrogens with zero attached hydrogens (tertiary/aromatic N) is 1. The van der Waals surface area contributed by atoms with Gasteiger partial charge < -0.3 is 4.90 Å². The zero-order valence-corrected chi connectivity index (χ0v) is 13.5. The van der Waals surface area contributed by atoms with E-state index in [2.05, 4.69) is 0 Å². The van der Waals surface area contributed by atoms with E-state index < -0.39 is 37.6 Å². The van der Waals surface area contributed by atoms with Gasteiger partial charge in [0.25, 0.3) is 0 Å². The van der Waals surface area contributed by atoms with Crippen molar-refractivity contribution < 1.29 is 26.4 Å². The standard InChI is InChI=1S/C14H18F3NO3S/c1-9(2)18(4)13(19)10(3)22(20,21)12-7-5-6-11(8-12)14(15,16)17/h5-10H,1-4H3/t10-/m0/s1. The molecule has 1 aromatic carbocycles. The summed E-state index contributed by atoms with van der Waals surface area (Å²) in [5, 5.41) is -1.46. The lowest BCUT2D eigenvalue weighted by Gasteiger charge is -2.25. The zero-order valence-electron chi connectivity index (χ0n) is 12.7. The molecule has 0 saturated carbocycles. The number of hydrogen-bond donors (Lipinski definition) is 0. The van der Waals surface area contributed by atoms with Gasteiger partial charge in [0.2, 0.25) is 5.91 Å². The van der Waals surface area contributed by atoms with Gasteiger partial charge in [-0.2, -0.15) is 13.2 Å². The fraction of sp³-hybridized carbons (Fsp3) is 0.500. The highest BCUT2D eigenvalue weighted by molar-refractivity contribution is 7.92. The maximum atomic E-state index is 12.7. The van der Waals surface area contributed by atoms with Gasteiger partial charge >= 0.3 is 6.18 Å². The van der Waals surface area contributed by atoms with Crippen molar-refractivity contribution in [3.8, 4) is 0 Å². The first-order valence-corrected chi connectivity index (χ1v) is 8.11. The van der Waals surface area contributed by atoms with E-state index in [9.17, 15) is 26.4 Å². The van der Waals surface area contributed by atoms with Gasteiger partial charge in [-0.15, -0.1) is 0 Å². The van der Waals surface area contributed by atoms with E-state index in [4.69, 9.17) is 0 Å². The Morgan fingerprint density at radius 3 is 2.18 bits per heavy atom. The van der Waals surface area contributed by atoms with Gasteiger partial charge in [0, 0.05) is 13.1 Å². The fourth-order valence-corrected chi connectivity index (χ4v) is 3.13. The van der Waals surface area contributed by atoms with Gasteiger partial charge in [-0.1, -0.05) is 6.07 Å². The third-order valence-electron chi connectivity index (χ3n) is 3.43. The lowest BCUT2D eigenvalue weighted by Crippen LogP contribution is -2.42. The van der Waals surface area contributed by atoms with Crippen molar-refractivity contribution in [3.05, 3.63) is 29.8 Å². The van der Waals surface area contributed by atoms with Crippen LogP contribution in [-0.2, 0) is 20.8 Å². The summed E-state index contributed by atoms with van der Waals surface area (Å²) in [5.74, 6) is -0.660. The summed E-state index contributed by atoms with van der Waals surface area (Å²) in [6, 6.07) is 3.19. The summed E-state index contributed by atoms with van der Waals surface area (Å²) in [7, 11) is -2.74. The van der Waals surface area contributed by atoms with Gasteiger partial charge in [-0.3, -0.25) is 4.79 Å². The molecule has 0 saturated heterocycles. The van der Waals surface area contributed by atoms with Gasteiger partial charge in [0.05, 0.1) is 10.5 Å². The van der Waals surface area contributed by atoms with Gasteiger partial charge in [-0.25, -0.2) is 8.42 Å². The molecule has 1 aromatic rings. The molecule has 1 rings (SSSR count). The maximum absolute atomic E-state index is 12.7. The third kappa shape index (κ3) is 3.79. The van der Waals surface area contributed by atoms with Crippen molar-refractivity contribution in [1.82, 2.24) is 4.90 Å². The van der Waals surface area contributed by atoms with Crippen LogP contribution < -0.4 is 0 Å². The Labute approximate surface area is 127 Å². The normalized spacial score (nSPS) is 14.0. The molecule has 0 heterocycles. The molecule has 0 bridgehead atoms. The average Bonchev–Trinajstić information content (AvgIpc) is 2.43. The van der Waals surface area contributed by atoms with E-state index in [1.807, 2.05) is 0 Å². The highest BCUT2D eigenvalue weighted by Crippen LogP contribution is 2.31. The SMILES string of the molecule is CC(C)N(C)C(=O)[C@H](C)S(=O)(=O)c1cccc(C(F)(F)F)c1. The Hall–Kier alpha value is -1.57. The van der Waals surface area contributed by atoms with Crippen LogP contribution in [0.1, 0.15) is 26.3 Å². The molecule has 0 aliphatic rings. The van der Waals surface area contributed by atoms with Crippen LogP contribution in [0.3, 0.4) is 0 Å². The topological polar surface area (TPSA) is 54.5 Å². The number of hydrogen-bond acceptors (Lipinski definition) is 3. The van der Waals surface area contributed by atoms with Crippen molar-refractivity contribution >= 4 is 15.7 Å². The van der Waals surface area contributed by atoms with Crippen LogP contribution in [-0.4, -0.2) is 37.6 Å². The van der Waals surface area contributed by atoms with Crippen molar-refractivity contribution in [3.63, 3.8) is 0 Å². The second-order valence-corrected chi connectivity index (χ2v) is 7.52. The molecule has 0 unspecified atom stereocenters. The maximum Gasteiger partial charge on any atom is 0.416 e. The van der Waals surface area contributed by atoms with Crippen LogP contribution in [0.5, 0.6) is 0 Å². The number of sulfone groups is 1. The highest BCUT2D eigenvalue weighted by Gasteiger charge is 2.35. The lowest BCUT2D eigenvalue weighted by molar-refractivity contribution is -0.137. The summed E-state index contributed by atoms with van der Waals surface area (Å²) >= 11 is 0. The Morgan fingerprint density at radius 2 is 1.73 bits per heavy atom. The molecule has 0 aromatic heterocycles. The quantitative estimate of drug-likeness (QED) is 0.849. The molecule has 0 aliphatic heterocycles. The lowest BCUT2D eigenvalue weighted by atomic mass is 10.2. The molecule has 0 radical (unpaired) electrons. The minimum absolute atomic E-state index is 0.216. The first kappa shape index (κ1) is 18.5. The van der Waals surface area contributed by atoms with E-state index in [1.165, 1.54) is 18.9 Å². The van der Waals surface area contributed by atoms with Crippen LogP contribution >= 0.6 is 0 Å². The van der Waals surface area contributed by atoms with Crippen molar-refractivity contribution in [2.45, 2.75) is 43.1 Å². The van der Waals surface area contributed by atoms with Crippen LogP contribution in [0.25, 0.3) is 0 Å². The molecular formula is C14H18F3NO3S. The van der Waals surface area contributed by atoms with Gasteiger partial charge in [0.1, 0.15) is 5.25 Å². The van der Waals surface area contributed by atoms with E-state index in [0.717, 1.165) is 18.2 Å². The summed E-state index contributed by atoms with van der Waals surface area (Å²) in [5.41, 5.74) is -1.06. The molecular weight excluding hydrogens is 319 g/mol. The molecule has 124 valence electrons. The summed E-state index contributed by atoms with van der Waals surface area (Å²) < 4.78 is 62.8. The fourth-order valence-electron chi connectivity index (χ4n) is 1.73. The third-order valence-corrected chi connectivity index (χ3v) is 5.47. The molecule has 22 heavy (non-hydrogen) atoms. The van der Waals surface area contributed by atoms with Crippen LogP contribution in [0.4, 0.5) is 13.2 Å². The minimum Gasteiger partial charge on any atom is -0.342 e. The number of carbonyl (C=O) groups is 1. The summed E-state index contributed by atoms with van der Waals surface area (Å²) in [6.07, 6.45) is -4.65. The number of benzene rings is 1. The van der Waals surface area contributed by atoms with Crippen LogP contribution in [0.15, 0.2) is 29.2 Å². The van der Waals surface area contributed by atoms with Crippen LogP contribution in [0.2, 0.25) is 0 Å². The highest BCUT2D eigenvalue weighted by atomic mass is 32.2.